The Morgan fingerprint density at radius 2 is 1.81 bits per heavy atom. The van der Waals surface area contributed by atoms with Gasteiger partial charge >= 0.3 is 12.0 Å². The van der Waals surface area contributed by atoms with Gasteiger partial charge in [0.2, 0.25) is 0 Å². The Kier molecular flexibility index (Phi) is 4.95. The molecule has 2 aromatic rings. The number of carbonyl (C=O) groups is 1. The molecule has 0 aliphatic carbocycles. The van der Waals surface area contributed by atoms with Crippen LogP contribution in [0.3, 0.4) is 0 Å². The summed E-state index contributed by atoms with van der Waals surface area (Å²) in [5.41, 5.74) is 1.67. The van der Waals surface area contributed by atoms with Gasteiger partial charge < -0.3 is 24.4 Å². The lowest BCUT2D eigenvalue weighted by Crippen LogP contribution is -2.44. The second-order valence-corrected chi connectivity index (χ2v) is 6.58. The van der Waals surface area contributed by atoms with Crippen LogP contribution in [0.15, 0.2) is 30.6 Å². The third-order valence-electron chi connectivity index (χ3n) is 4.67. The summed E-state index contributed by atoms with van der Waals surface area (Å²) >= 11 is 0. The number of benzene rings is 1. The Morgan fingerprint density at radius 1 is 1.15 bits per heavy atom. The molecule has 8 nitrogen and oxygen atoms in total. The topological polar surface area (TPSA) is 85.8 Å². The normalized spacial score (nSPS) is 16.7. The van der Waals surface area contributed by atoms with E-state index in [4.69, 9.17) is 14.2 Å². The summed E-state index contributed by atoms with van der Waals surface area (Å²) in [5.74, 6) is 1.38. The maximum atomic E-state index is 12.6. The first-order valence-electron chi connectivity index (χ1n) is 9.09. The van der Waals surface area contributed by atoms with Gasteiger partial charge in [-0.05, 0) is 24.6 Å². The van der Waals surface area contributed by atoms with E-state index in [0.29, 0.717) is 38.1 Å². The largest absolute Gasteiger partial charge is 0.486 e. The fourth-order valence-electron chi connectivity index (χ4n) is 3.19. The van der Waals surface area contributed by atoms with Crippen LogP contribution < -0.4 is 19.5 Å². The first kappa shape index (κ1) is 17.4. The number of amides is 2. The van der Waals surface area contributed by atoms with Gasteiger partial charge in [-0.3, -0.25) is 0 Å². The van der Waals surface area contributed by atoms with E-state index in [1.54, 1.807) is 23.4 Å². The average Bonchev–Trinajstić information content (AvgIpc) is 2.70. The van der Waals surface area contributed by atoms with Crippen molar-refractivity contribution in [1.82, 2.24) is 14.9 Å². The van der Waals surface area contributed by atoms with Crippen molar-refractivity contribution in [2.45, 2.75) is 25.9 Å². The maximum absolute atomic E-state index is 12.6. The number of rotatable bonds is 3. The van der Waals surface area contributed by atoms with Gasteiger partial charge in [0.05, 0.1) is 0 Å². The molecular formula is C19H22N4O4. The predicted octanol–water partition coefficient (Wildman–Crippen LogP) is 2.63. The molecule has 2 aliphatic rings. The molecule has 0 unspecified atom stereocenters. The quantitative estimate of drug-likeness (QED) is 0.894. The van der Waals surface area contributed by atoms with E-state index in [0.717, 1.165) is 29.8 Å². The van der Waals surface area contributed by atoms with Crippen LogP contribution in [-0.4, -0.2) is 53.3 Å². The number of hydrogen-bond donors (Lipinski definition) is 1. The van der Waals surface area contributed by atoms with Gasteiger partial charge in [0.25, 0.3) is 0 Å². The number of aryl methyl sites for hydroxylation is 1. The van der Waals surface area contributed by atoms with Crippen molar-refractivity contribution in [1.29, 1.82) is 0 Å². The second kappa shape index (κ2) is 7.69. The average molecular weight is 370 g/mol. The Hall–Kier alpha value is -3.03. The summed E-state index contributed by atoms with van der Waals surface area (Å²) in [7, 11) is 0. The Morgan fingerprint density at radius 3 is 2.52 bits per heavy atom. The molecule has 1 aromatic heterocycles. The Labute approximate surface area is 157 Å². The van der Waals surface area contributed by atoms with Gasteiger partial charge in [0.1, 0.15) is 19.3 Å². The van der Waals surface area contributed by atoms with Gasteiger partial charge in [0.15, 0.2) is 11.5 Å². The molecule has 3 heterocycles. The zero-order chi connectivity index (χ0) is 18.6. The van der Waals surface area contributed by atoms with Crippen molar-refractivity contribution in [3.05, 3.63) is 36.2 Å². The number of nitrogens with one attached hydrogen (secondary N) is 1. The molecule has 0 radical (unpaired) electrons. The molecule has 27 heavy (non-hydrogen) atoms. The van der Waals surface area contributed by atoms with Gasteiger partial charge in [-0.1, -0.05) is 0 Å². The van der Waals surface area contributed by atoms with E-state index in [9.17, 15) is 4.79 Å². The molecular weight excluding hydrogens is 348 g/mol. The van der Waals surface area contributed by atoms with Crippen LogP contribution in [0, 0.1) is 6.92 Å². The molecule has 0 atom stereocenters. The van der Waals surface area contributed by atoms with Gasteiger partial charge in [-0.15, -0.1) is 0 Å². The summed E-state index contributed by atoms with van der Waals surface area (Å²) in [6.45, 7) is 4.24. The van der Waals surface area contributed by atoms with E-state index >= 15 is 0 Å². The zero-order valence-electron chi connectivity index (χ0n) is 15.2. The van der Waals surface area contributed by atoms with Crippen molar-refractivity contribution >= 4 is 11.7 Å². The van der Waals surface area contributed by atoms with E-state index in [1.807, 2.05) is 19.1 Å². The summed E-state index contributed by atoms with van der Waals surface area (Å²) in [6, 6.07) is 5.73. The van der Waals surface area contributed by atoms with Gasteiger partial charge in [-0.25, -0.2) is 14.8 Å². The Balaban J connectivity index is 1.33. The SMILES string of the molecule is Cc1cc2c(cc1NC(=O)N1CCC(Oc3ncccn3)CC1)OCCO2. The molecule has 1 N–H and O–H groups in total. The van der Waals surface area contributed by atoms with Crippen molar-refractivity contribution in [3.8, 4) is 17.5 Å². The Bertz CT molecular complexity index is 807. The first-order valence-corrected chi connectivity index (χ1v) is 9.09. The molecule has 1 saturated heterocycles. The highest BCUT2D eigenvalue weighted by Crippen LogP contribution is 2.35. The number of hydrogen-bond acceptors (Lipinski definition) is 6. The lowest BCUT2D eigenvalue weighted by Gasteiger charge is -2.32. The van der Waals surface area contributed by atoms with E-state index < -0.39 is 0 Å². The minimum Gasteiger partial charge on any atom is -0.486 e. The van der Waals surface area contributed by atoms with Gasteiger partial charge in [0, 0.05) is 50.1 Å². The number of ether oxygens (including phenoxy) is 3. The monoisotopic (exact) mass is 370 g/mol. The number of urea groups is 1. The molecule has 2 amide bonds. The van der Waals surface area contributed by atoms with Crippen LogP contribution in [0.5, 0.6) is 17.5 Å². The number of piperidine rings is 1. The standard InChI is InChI=1S/C19H22N4O4/c1-13-11-16-17(26-10-9-25-16)12-15(13)22-19(24)23-7-3-14(4-8-23)27-18-20-5-2-6-21-18/h2,5-6,11-12,14H,3-4,7-10H2,1H3,(H,22,24). The van der Waals surface area contributed by atoms with Crippen LogP contribution in [0.25, 0.3) is 0 Å². The molecule has 2 aliphatic heterocycles. The summed E-state index contributed by atoms with van der Waals surface area (Å²) in [4.78, 5) is 22.6. The number of nitrogens with zero attached hydrogens (tertiary/aromatic N) is 3. The summed E-state index contributed by atoms with van der Waals surface area (Å²) in [6.07, 6.45) is 4.81. The van der Waals surface area contributed by atoms with E-state index in [2.05, 4.69) is 15.3 Å². The molecule has 0 spiro atoms. The molecule has 1 aromatic carbocycles. The zero-order valence-corrected chi connectivity index (χ0v) is 15.2. The highest BCUT2D eigenvalue weighted by molar-refractivity contribution is 5.90. The number of carbonyl (C=O) groups excluding carboxylic acids is 1. The fraction of sp³-hybridized carbons (Fsp3) is 0.421. The third kappa shape index (κ3) is 4.05. The fourth-order valence-corrected chi connectivity index (χ4v) is 3.19. The number of aromatic nitrogens is 2. The molecule has 1 fully saturated rings. The molecule has 4 rings (SSSR count). The molecule has 142 valence electrons. The minimum atomic E-state index is -0.121. The van der Waals surface area contributed by atoms with Crippen molar-refractivity contribution < 1.29 is 19.0 Å². The summed E-state index contributed by atoms with van der Waals surface area (Å²) < 4.78 is 16.9. The summed E-state index contributed by atoms with van der Waals surface area (Å²) in [5, 5.41) is 2.98. The van der Waals surface area contributed by atoms with Crippen LogP contribution >= 0.6 is 0 Å². The van der Waals surface area contributed by atoms with Crippen LogP contribution in [-0.2, 0) is 0 Å². The van der Waals surface area contributed by atoms with Gasteiger partial charge in [-0.2, -0.15) is 0 Å². The lowest BCUT2D eigenvalue weighted by molar-refractivity contribution is 0.107. The van der Waals surface area contributed by atoms with Crippen molar-refractivity contribution in [2.75, 3.05) is 31.6 Å². The maximum Gasteiger partial charge on any atom is 0.321 e. The predicted molar refractivity (Wildman–Crippen MR) is 98.4 cm³/mol. The lowest BCUT2D eigenvalue weighted by atomic mass is 10.1. The molecule has 0 saturated carbocycles. The second-order valence-electron chi connectivity index (χ2n) is 6.58. The van der Waals surface area contributed by atoms with Crippen molar-refractivity contribution in [2.24, 2.45) is 0 Å². The van der Waals surface area contributed by atoms with Crippen LogP contribution in [0.2, 0.25) is 0 Å². The van der Waals surface area contributed by atoms with E-state index in [-0.39, 0.29) is 12.1 Å². The first-order chi connectivity index (χ1) is 13.2. The van der Waals surface area contributed by atoms with Crippen LogP contribution in [0.1, 0.15) is 18.4 Å². The highest BCUT2D eigenvalue weighted by Gasteiger charge is 2.25. The van der Waals surface area contributed by atoms with Crippen molar-refractivity contribution in [3.63, 3.8) is 0 Å². The smallest absolute Gasteiger partial charge is 0.321 e. The molecule has 0 bridgehead atoms. The van der Waals surface area contributed by atoms with Crippen LogP contribution in [0.4, 0.5) is 10.5 Å². The number of anilines is 1. The minimum absolute atomic E-state index is 0.0208. The highest BCUT2D eigenvalue weighted by atomic mass is 16.6. The molecule has 8 heteroatoms. The number of likely N-dealkylation sites (tertiary alicyclic amines) is 1. The number of fused-ring (bicyclic) bond motifs is 1. The van der Waals surface area contributed by atoms with E-state index in [1.165, 1.54) is 0 Å². The third-order valence-corrected chi connectivity index (χ3v) is 4.67.